The zero-order valence-electron chi connectivity index (χ0n) is 12.2. The molecule has 1 N–H and O–H groups in total. The molecular formula is C17H18N4. The maximum Gasteiger partial charge on any atom is 0.161 e. The van der Waals surface area contributed by atoms with Crippen LogP contribution in [0.4, 0.5) is 5.69 Å². The maximum absolute atomic E-state index is 4.49. The van der Waals surface area contributed by atoms with Gasteiger partial charge in [0, 0.05) is 24.6 Å². The summed E-state index contributed by atoms with van der Waals surface area (Å²) in [6.07, 6.45) is 5.51. The second-order valence-electron chi connectivity index (χ2n) is 5.00. The van der Waals surface area contributed by atoms with Crippen molar-refractivity contribution in [3.63, 3.8) is 0 Å². The van der Waals surface area contributed by atoms with Crippen LogP contribution in [-0.2, 0) is 0 Å². The summed E-state index contributed by atoms with van der Waals surface area (Å²) in [7, 11) is 0. The first-order chi connectivity index (χ1) is 10.3. The van der Waals surface area contributed by atoms with Crippen molar-refractivity contribution in [1.82, 2.24) is 14.5 Å². The summed E-state index contributed by atoms with van der Waals surface area (Å²) in [5, 5.41) is 3.53. The molecule has 1 atom stereocenters. The predicted molar refractivity (Wildman–Crippen MR) is 84.6 cm³/mol. The summed E-state index contributed by atoms with van der Waals surface area (Å²) in [6.45, 7) is 4.12. The van der Waals surface area contributed by atoms with Crippen molar-refractivity contribution < 1.29 is 0 Å². The van der Waals surface area contributed by atoms with Gasteiger partial charge in [-0.05, 0) is 31.5 Å². The molecule has 0 aliphatic rings. The number of imidazole rings is 1. The lowest BCUT2D eigenvalue weighted by Crippen LogP contribution is -2.10. The van der Waals surface area contributed by atoms with Gasteiger partial charge in [-0.2, -0.15) is 0 Å². The number of nitrogens with one attached hydrogen (secondary N) is 1. The fourth-order valence-electron chi connectivity index (χ4n) is 2.36. The van der Waals surface area contributed by atoms with Crippen molar-refractivity contribution in [3.05, 3.63) is 72.4 Å². The van der Waals surface area contributed by atoms with Gasteiger partial charge in [0.25, 0.3) is 0 Å². The van der Waals surface area contributed by atoms with E-state index in [0.717, 1.165) is 17.3 Å². The molecule has 0 bridgehead atoms. The van der Waals surface area contributed by atoms with Crippen LogP contribution < -0.4 is 5.32 Å². The van der Waals surface area contributed by atoms with Crippen molar-refractivity contribution >= 4 is 5.69 Å². The molecule has 1 aromatic carbocycles. The summed E-state index contributed by atoms with van der Waals surface area (Å²) in [6, 6.07) is 14.6. The van der Waals surface area contributed by atoms with E-state index in [-0.39, 0.29) is 6.04 Å². The highest BCUT2D eigenvalue weighted by Crippen LogP contribution is 2.24. The van der Waals surface area contributed by atoms with Crippen LogP contribution in [0.15, 0.2) is 61.1 Å². The molecule has 3 rings (SSSR count). The lowest BCUT2D eigenvalue weighted by atomic mass is 10.1. The van der Waals surface area contributed by atoms with E-state index < -0.39 is 0 Å². The van der Waals surface area contributed by atoms with Crippen molar-refractivity contribution in [1.29, 1.82) is 0 Å². The Balaban J connectivity index is 1.92. The first-order valence-electron chi connectivity index (χ1n) is 7.02. The first-order valence-corrected chi connectivity index (χ1v) is 7.02. The van der Waals surface area contributed by atoms with Crippen LogP contribution in [0.1, 0.15) is 24.4 Å². The number of rotatable bonds is 4. The average molecular weight is 278 g/mol. The molecule has 2 aromatic heterocycles. The normalized spacial score (nSPS) is 12.1. The summed E-state index contributed by atoms with van der Waals surface area (Å²) in [5.74, 6) is 1.79. The van der Waals surface area contributed by atoms with Crippen LogP contribution in [0.3, 0.4) is 0 Å². The van der Waals surface area contributed by atoms with Gasteiger partial charge in [-0.1, -0.05) is 30.3 Å². The third-order valence-corrected chi connectivity index (χ3v) is 3.51. The minimum absolute atomic E-state index is 0.206. The zero-order valence-corrected chi connectivity index (χ0v) is 12.2. The topological polar surface area (TPSA) is 42.7 Å². The smallest absolute Gasteiger partial charge is 0.161 e. The number of anilines is 1. The lowest BCUT2D eigenvalue weighted by molar-refractivity contribution is 0.866. The van der Waals surface area contributed by atoms with E-state index >= 15 is 0 Å². The van der Waals surface area contributed by atoms with E-state index in [1.165, 1.54) is 5.56 Å². The number of hydrogen-bond acceptors (Lipinski definition) is 3. The second-order valence-corrected chi connectivity index (χ2v) is 5.00. The Morgan fingerprint density at radius 3 is 2.52 bits per heavy atom. The van der Waals surface area contributed by atoms with Gasteiger partial charge in [0.1, 0.15) is 5.82 Å². The molecule has 4 heteroatoms. The second kappa shape index (κ2) is 5.79. The Hall–Kier alpha value is -2.62. The largest absolute Gasteiger partial charge is 0.376 e. The molecule has 0 fully saturated rings. The number of hydrogen-bond donors (Lipinski definition) is 1. The number of benzene rings is 1. The van der Waals surface area contributed by atoms with E-state index in [0.29, 0.717) is 0 Å². The Morgan fingerprint density at radius 2 is 1.81 bits per heavy atom. The molecule has 21 heavy (non-hydrogen) atoms. The highest BCUT2D eigenvalue weighted by molar-refractivity contribution is 5.58. The van der Waals surface area contributed by atoms with E-state index in [1.54, 1.807) is 12.4 Å². The van der Waals surface area contributed by atoms with E-state index in [4.69, 9.17) is 0 Å². The highest BCUT2D eigenvalue weighted by atomic mass is 15.1. The zero-order chi connectivity index (χ0) is 14.7. The molecule has 0 aliphatic carbocycles. The third kappa shape index (κ3) is 2.79. The summed E-state index contributed by atoms with van der Waals surface area (Å²) in [5.41, 5.74) is 2.24. The van der Waals surface area contributed by atoms with Crippen LogP contribution in [0.25, 0.3) is 5.82 Å². The maximum atomic E-state index is 4.49. The summed E-state index contributed by atoms with van der Waals surface area (Å²) < 4.78 is 1.99. The molecule has 0 spiro atoms. The van der Waals surface area contributed by atoms with E-state index in [9.17, 15) is 0 Å². The van der Waals surface area contributed by atoms with Gasteiger partial charge in [-0.3, -0.25) is 4.57 Å². The molecule has 0 radical (unpaired) electrons. The SMILES string of the molecule is Cc1nccn1-c1ncccc1NC(C)c1ccccc1. The summed E-state index contributed by atoms with van der Waals surface area (Å²) >= 11 is 0. The summed E-state index contributed by atoms with van der Waals surface area (Å²) in [4.78, 5) is 8.76. The van der Waals surface area contributed by atoms with Crippen molar-refractivity contribution in [2.24, 2.45) is 0 Å². The Kier molecular flexibility index (Phi) is 3.69. The molecule has 2 heterocycles. The van der Waals surface area contributed by atoms with Crippen LogP contribution in [0.5, 0.6) is 0 Å². The van der Waals surface area contributed by atoms with Gasteiger partial charge in [0.05, 0.1) is 5.69 Å². The van der Waals surface area contributed by atoms with Gasteiger partial charge in [0.15, 0.2) is 5.82 Å². The monoisotopic (exact) mass is 278 g/mol. The molecule has 1 unspecified atom stereocenters. The molecule has 0 amide bonds. The quantitative estimate of drug-likeness (QED) is 0.790. The van der Waals surface area contributed by atoms with Crippen LogP contribution >= 0.6 is 0 Å². The molecule has 106 valence electrons. The predicted octanol–water partition coefficient (Wildman–Crippen LogP) is 3.75. The highest BCUT2D eigenvalue weighted by Gasteiger charge is 2.11. The Bertz CT molecular complexity index is 718. The van der Waals surface area contributed by atoms with Gasteiger partial charge < -0.3 is 5.32 Å². The minimum Gasteiger partial charge on any atom is -0.376 e. The van der Waals surface area contributed by atoms with E-state index in [2.05, 4.69) is 46.5 Å². The standard InChI is InChI=1S/C17H18N4/c1-13(15-7-4-3-5-8-15)20-16-9-6-10-19-17(16)21-12-11-18-14(21)2/h3-13,20H,1-2H3. The molecule has 0 saturated carbocycles. The van der Waals surface area contributed by atoms with Crippen LogP contribution in [0.2, 0.25) is 0 Å². The third-order valence-electron chi connectivity index (χ3n) is 3.51. The van der Waals surface area contributed by atoms with Gasteiger partial charge in [-0.25, -0.2) is 9.97 Å². The number of aromatic nitrogens is 3. The molecule has 0 saturated heterocycles. The first kappa shape index (κ1) is 13.4. The van der Waals surface area contributed by atoms with Crippen molar-refractivity contribution in [2.75, 3.05) is 5.32 Å². The lowest BCUT2D eigenvalue weighted by Gasteiger charge is -2.18. The Morgan fingerprint density at radius 1 is 1.00 bits per heavy atom. The van der Waals surface area contributed by atoms with Crippen molar-refractivity contribution in [2.45, 2.75) is 19.9 Å². The van der Waals surface area contributed by atoms with E-state index in [1.807, 2.05) is 35.9 Å². The van der Waals surface area contributed by atoms with Crippen molar-refractivity contribution in [3.8, 4) is 5.82 Å². The number of aryl methyl sites for hydroxylation is 1. The Labute approximate surface area is 124 Å². The number of nitrogens with zero attached hydrogens (tertiary/aromatic N) is 3. The average Bonchev–Trinajstić information content (AvgIpc) is 2.95. The minimum atomic E-state index is 0.206. The van der Waals surface area contributed by atoms with Crippen LogP contribution in [-0.4, -0.2) is 14.5 Å². The number of pyridine rings is 1. The molecule has 3 aromatic rings. The van der Waals surface area contributed by atoms with Crippen LogP contribution in [0, 0.1) is 6.92 Å². The molecule has 4 nitrogen and oxygen atoms in total. The fourth-order valence-corrected chi connectivity index (χ4v) is 2.36. The van der Waals surface area contributed by atoms with Gasteiger partial charge >= 0.3 is 0 Å². The molecule has 0 aliphatic heterocycles. The molecular weight excluding hydrogens is 260 g/mol. The van der Waals surface area contributed by atoms with Gasteiger partial charge in [-0.15, -0.1) is 0 Å². The fraction of sp³-hybridized carbons (Fsp3) is 0.176. The van der Waals surface area contributed by atoms with Gasteiger partial charge in [0.2, 0.25) is 0 Å².